The number of rotatable bonds is 1. The molecule has 0 saturated heterocycles. The van der Waals surface area contributed by atoms with Crippen LogP contribution in [0.5, 0.6) is 0 Å². The Morgan fingerprint density at radius 3 is 2.52 bits per heavy atom. The van der Waals surface area contributed by atoms with Gasteiger partial charge in [-0.15, -0.1) is 0 Å². The second-order valence-electron chi connectivity index (χ2n) is 10.1. The zero-order valence-corrected chi connectivity index (χ0v) is 17.6. The maximum Gasteiger partial charge on any atom is 0.000714 e. The van der Waals surface area contributed by atoms with Gasteiger partial charge in [-0.05, 0) is 87.9 Å². The van der Waals surface area contributed by atoms with Gasteiger partial charge in [-0.1, -0.05) is 62.6 Å². The van der Waals surface area contributed by atoms with E-state index in [2.05, 4.69) is 59.8 Å². The van der Waals surface area contributed by atoms with Gasteiger partial charge in [0.25, 0.3) is 0 Å². The number of allylic oxidation sites excluding steroid dienone is 6. The van der Waals surface area contributed by atoms with Crippen LogP contribution in [0.1, 0.15) is 86.5 Å². The van der Waals surface area contributed by atoms with Gasteiger partial charge >= 0.3 is 0 Å². The van der Waals surface area contributed by atoms with Gasteiger partial charge in [0.05, 0.1) is 0 Å². The fourth-order valence-electron chi connectivity index (χ4n) is 6.06. The maximum absolute atomic E-state index is 2.65. The maximum atomic E-state index is 2.65. The minimum absolute atomic E-state index is 0.502. The van der Waals surface area contributed by atoms with Crippen LogP contribution in [0.2, 0.25) is 0 Å². The summed E-state index contributed by atoms with van der Waals surface area (Å²) in [5.74, 6) is 4.09. The van der Waals surface area contributed by atoms with Crippen LogP contribution < -0.4 is 0 Å². The average Bonchev–Trinajstić information content (AvgIpc) is 3.09. The first-order valence-corrected chi connectivity index (χ1v) is 10.8. The van der Waals surface area contributed by atoms with E-state index in [-0.39, 0.29) is 0 Å². The highest BCUT2D eigenvalue weighted by molar-refractivity contribution is 5.27. The Balaban J connectivity index is 1.95. The van der Waals surface area contributed by atoms with Crippen molar-refractivity contribution < 1.29 is 0 Å². The number of fused-ring (bicyclic) bond motifs is 2. The first kappa shape index (κ1) is 19.0. The van der Waals surface area contributed by atoms with E-state index in [9.17, 15) is 0 Å². The second kappa shape index (κ2) is 7.45. The van der Waals surface area contributed by atoms with Gasteiger partial charge in [-0.3, -0.25) is 0 Å². The van der Waals surface area contributed by atoms with Crippen LogP contribution in [0.25, 0.3) is 0 Å². The van der Waals surface area contributed by atoms with Crippen molar-refractivity contribution in [3.63, 3.8) is 0 Å². The first-order chi connectivity index (χ1) is 11.8. The quantitative estimate of drug-likeness (QED) is 0.428. The number of hydrogen-bond donors (Lipinski definition) is 0. The molecule has 0 nitrogen and oxygen atoms in total. The van der Waals surface area contributed by atoms with Gasteiger partial charge in [-0.25, -0.2) is 0 Å². The van der Waals surface area contributed by atoms with Crippen LogP contribution in [0.3, 0.4) is 0 Å². The Kier molecular flexibility index (Phi) is 5.66. The highest BCUT2D eigenvalue weighted by Crippen LogP contribution is 2.54. The molecule has 0 bridgehead atoms. The van der Waals surface area contributed by atoms with Gasteiger partial charge in [0.2, 0.25) is 0 Å². The van der Waals surface area contributed by atoms with Gasteiger partial charge < -0.3 is 0 Å². The topological polar surface area (TPSA) is 0 Å². The normalized spacial score (nSPS) is 39.7. The lowest BCUT2D eigenvalue weighted by Gasteiger charge is -2.35. The fraction of sp³-hybridized carbons (Fsp3) is 0.760. The molecule has 0 heteroatoms. The Morgan fingerprint density at radius 1 is 1.04 bits per heavy atom. The van der Waals surface area contributed by atoms with Crippen molar-refractivity contribution >= 4 is 0 Å². The van der Waals surface area contributed by atoms with E-state index in [1.165, 1.54) is 38.5 Å². The molecule has 3 rings (SSSR count). The summed E-state index contributed by atoms with van der Waals surface area (Å²) in [6.07, 6.45) is 17.2. The van der Waals surface area contributed by atoms with Crippen LogP contribution in [0.15, 0.2) is 34.9 Å². The molecule has 2 saturated carbocycles. The summed E-state index contributed by atoms with van der Waals surface area (Å²) < 4.78 is 0. The highest BCUT2D eigenvalue weighted by atomic mass is 14.5. The molecule has 0 spiro atoms. The Bertz CT molecular complexity index is 573. The Labute approximate surface area is 156 Å². The molecule has 0 amide bonds. The molecule has 3 aliphatic carbocycles. The molecule has 0 radical (unpaired) electrons. The molecule has 0 N–H and O–H groups in total. The molecular weight excluding hydrogens is 300 g/mol. The standard InChI is InChI=1S/C25H40/c1-17(2)21-14-16-25(6)15-13-18(3)7-10-22-19(4)8-11-23(22)20(5)9-12-24(21)25/h9-10,13,17,19,21,23-24H,7-8,11-12,14-16H2,1-6H3/t19-,21-,23-,24+,25+/m0/s1. The molecule has 0 aliphatic heterocycles. The van der Waals surface area contributed by atoms with E-state index < -0.39 is 0 Å². The predicted molar refractivity (Wildman–Crippen MR) is 110 cm³/mol. The third-order valence-electron chi connectivity index (χ3n) is 8.00. The summed E-state index contributed by atoms with van der Waals surface area (Å²) in [6.45, 7) is 14.7. The van der Waals surface area contributed by atoms with Crippen LogP contribution in [0, 0.1) is 35.0 Å². The predicted octanol–water partition coefficient (Wildman–Crippen LogP) is 7.72. The van der Waals surface area contributed by atoms with Gasteiger partial charge in [0.15, 0.2) is 0 Å². The van der Waals surface area contributed by atoms with Crippen LogP contribution in [-0.4, -0.2) is 0 Å². The number of hydrogen-bond acceptors (Lipinski definition) is 0. The molecule has 2 fully saturated rings. The minimum atomic E-state index is 0.502. The van der Waals surface area contributed by atoms with Crippen LogP contribution in [0.4, 0.5) is 0 Å². The van der Waals surface area contributed by atoms with Gasteiger partial charge in [0, 0.05) is 5.92 Å². The zero-order valence-electron chi connectivity index (χ0n) is 17.6. The monoisotopic (exact) mass is 340 g/mol. The zero-order chi connectivity index (χ0) is 18.2. The van der Waals surface area contributed by atoms with Gasteiger partial charge in [-0.2, -0.15) is 0 Å². The molecule has 0 aromatic heterocycles. The molecule has 5 atom stereocenters. The van der Waals surface area contributed by atoms with Crippen molar-refractivity contribution in [2.24, 2.45) is 35.0 Å². The minimum Gasteiger partial charge on any atom is -0.0847 e. The third-order valence-corrected chi connectivity index (χ3v) is 8.00. The third kappa shape index (κ3) is 3.83. The van der Waals surface area contributed by atoms with Crippen molar-refractivity contribution in [2.75, 3.05) is 0 Å². The summed E-state index contributed by atoms with van der Waals surface area (Å²) in [5.41, 5.74) is 5.48. The van der Waals surface area contributed by atoms with Crippen molar-refractivity contribution in [1.29, 1.82) is 0 Å². The van der Waals surface area contributed by atoms with Gasteiger partial charge in [0.1, 0.15) is 0 Å². The van der Waals surface area contributed by atoms with E-state index in [0.29, 0.717) is 5.41 Å². The summed E-state index contributed by atoms with van der Waals surface area (Å²) in [4.78, 5) is 0. The largest absolute Gasteiger partial charge is 0.0847 e. The smallest absolute Gasteiger partial charge is 0.000714 e. The molecule has 140 valence electrons. The molecule has 0 heterocycles. The molecular formula is C25H40. The summed E-state index contributed by atoms with van der Waals surface area (Å²) in [7, 11) is 0. The van der Waals surface area contributed by atoms with E-state index in [1.54, 1.807) is 16.7 Å². The van der Waals surface area contributed by atoms with E-state index in [4.69, 9.17) is 0 Å². The van der Waals surface area contributed by atoms with Crippen LogP contribution >= 0.6 is 0 Å². The summed E-state index contributed by atoms with van der Waals surface area (Å²) in [5, 5.41) is 0. The Morgan fingerprint density at radius 2 is 1.80 bits per heavy atom. The summed E-state index contributed by atoms with van der Waals surface area (Å²) in [6, 6.07) is 0. The van der Waals surface area contributed by atoms with E-state index in [1.807, 2.05) is 0 Å². The first-order valence-electron chi connectivity index (χ1n) is 10.8. The average molecular weight is 341 g/mol. The SMILES string of the molecule is CC1=CC[C@]2(C)CC[C@@H](C(C)C)[C@H]2CC=C(C)[C@@H]2CC[C@H](C)C2=CC1. The molecule has 0 aromatic rings. The molecule has 25 heavy (non-hydrogen) atoms. The summed E-state index contributed by atoms with van der Waals surface area (Å²) >= 11 is 0. The van der Waals surface area contributed by atoms with E-state index in [0.717, 1.165) is 36.0 Å². The van der Waals surface area contributed by atoms with E-state index >= 15 is 0 Å². The molecule has 0 unspecified atom stereocenters. The van der Waals surface area contributed by atoms with Crippen molar-refractivity contribution in [3.05, 3.63) is 34.9 Å². The second-order valence-corrected chi connectivity index (χ2v) is 10.1. The highest BCUT2D eigenvalue weighted by Gasteiger charge is 2.44. The van der Waals surface area contributed by atoms with Crippen molar-refractivity contribution in [2.45, 2.75) is 86.5 Å². The lowest BCUT2D eigenvalue weighted by Crippen LogP contribution is -2.27. The van der Waals surface area contributed by atoms with Crippen molar-refractivity contribution in [1.82, 2.24) is 0 Å². The lowest BCUT2D eigenvalue weighted by molar-refractivity contribution is 0.170. The lowest BCUT2D eigenvalue weighted by atomic mass is 9.70. The Hall–Kier alpha value is -0.780. The fourth-order valence-corrected chi connectivity index (χ4v) is 6.06. The van der Waals surface area contributed by atoms with Crippen molar-refractivity contribution in [3.8, 4) is 0 Å². The molecule has 0 aromatic carbocycles. The van der Waals surface area contributed by atoms with Crippen LogP contribution in [-0.2, 0) is 0 Å². The molecule has 3 aliphatic rings.